The van der Waals surface area contributed by atoms with Crippen LogP contribution in [-0.2, 0) is 6.42 Å². The van der Waals surface area contributed by atoms with E-state index in [1.54, 1.807) is 13.0 Å². The van der Waals surface area contributed by atoms with Gasteiger partial charge in [0.15, 0.2) is 0 Å². The molecule has 24 heavy (non-hydrogen) atoms. The van der Waals surface area contributed by atoms with Crippen LogP contribution in [0.25, 0.3) is 0 Å². The number of rotatable bonds is 5. The van der Waals surface area contributed by atoms with Gasteiger partial charge in [-0.2, -0.15) is 0 Å². The molecule has 0 spiro atoms. The van der Waals surface area contributed by atoms with Gasteiger partial charge in [0.2, 0.25) is 5.76 Å². The van der Waals surface area contributed by atoms with Crippen molar-refractivity contribution in [1.82, 2.24) is 10.1 Å². The Bertz CT molecular complexity index is 673. The number of carbonyl (C=O) groups is 1. The molecule has 0 aliphatic carbocycles. The Hall–Kier alpha value is -2.18. The smallest absolute Gasteiger partial charge is 0.294 e. The molecule has 0 atom stereocenters. The number of hydrogen-bond donors (Lipinski definition) is 2. The zero-order valence-corrected chi connectivity index (χ0v) is 13.9. The molecule has 128 valence electrons. The van der Waals surface area contributed by atoms with Gasteiger partial charge in [0.05, 0.1) is 11.8 Å². The molecular weight excluding hydrogens is 306 g/mol. The molecule has 2 N–H and O–H groups in total. The number of nitrogens with zero attached hydrogens (tertiary/aromatic N) is 2. The summed E-state index contributed by atoms with van der Waals surface area (Å²) in [5.41, 5.74) is 2.65. The maximum atomic E-state index is 12.0. The SMILES string of the molecule is Cc1cc(C(=O)Nc2ccc(CCN3CCC(O)CC3)cc2)on1. The molecule has 1 aliphatic rings. The van der Waals surface area contributed by atoms with Crippen molar-refractivity contribution in [2.75, 3.05) is 25.0 Å². The Morgan fingerprint density at radius 2 is 2.04 bits per heavy atom. The van der Waals surface area contributed by atoms with E-state index in [9.17, 15) is 9.90 Å². The van der Waals surface area contributed by atoms with Crippen molar-refractivity contribution in [3.05, 3.63) is 47.3 Å². The number of likely N-dealkylation sites (tertiary alicyclic amines) is 1. The van der Waals surface area contributed by atoms with Gasteiger partial charge in [0, 0.05) is 31.4 Å². The Labute approximate surface area is 141 Å². The summed E-state index contributed by atoms with van der Waals surface area (Å²) >= 11 is 0. The highest BCUT2D eigenvalue weighted by Gasteiger charge is 2.16. The molecule has 1 saturated heterocycles. The summed E-state index contributed by atoms with van der Waals surface area (Å²) in [7, 11) is 0. The van der Waals surface area contributed by atoms with Crippen molar-refractivity contribution in [1.29, 1.82) is 0 Å². The van der Waals surface area contributed by atoms with E-state index in [4.69, 9.17) is 4.52 Å². The van der Waals surface area contributed by atoms with Crippen LogP contribution in [-0.4, -0.2) is 46.8 Å². The van der Waals surface area contributed by atoms with Crippen molar-refractivity contribution >= 4 is 11.6 Å². The van der Waals surface area contributed by atoms with E-state index in [-0.39, 0.29) is 17.8 Å². The summed E-state index contributed by atoms with van der Waals surface area (Å²) in [5.74, 6) is -0.0842. The van der Waals surface area contributed by atoms with E-state index >= 15 is 0 Å². The third-order valence-electron chi connectivity index (χ3n) is 4.34. The number of hydrogen-bond acceptors (Lipinski definition) is 5. The molecule has 6 heteroatoms. The lowest BCUT2D eigenvalue weighted by Crippen LogP contribution is -2.37. The second kappa shape index (κ2) is 7.59. The van der Waals surface area contributed by atoms with Crippen molar-refractivity contribution in [3.8, 4) is 0 Å². The van der Waals surface area contributed by atoms with Crippen molar-refractivity contribution < 1.29 is 14.4 Å². The maximum absolute atomic E-state index is 12.0. The normalized spacial score (nSPS) is 16.2. The number of anilines is 1. The molecule has 6 nitrogen and oxygen atoms in total. The molecule has 3 rings (SSSR count). The molecule has 1 amide bonds. The van der Waals surface area contributed by atoms with Gasteiger partial charge in [-0.25, -0.2) is 0 Å². The molecule has 1 aromatic heterocycles. The molecule has 1 aliphatic heterocycles. The van der Waals surface area contributed by atoms with Crippen LogP contribution in [0.15, 0.2) is 34.9 Å². The molecule has 2 aromatic rings. The fourth-order valence-electron chi connectivity index (χ4n) is 2.85. The summed E-state index contributed by atoms with van der Waals surface area (Å²) in [4.78, 5) is 14.4. The highest BCUT2D eigenvalue weighted by atomic mass is 16.5. The zero-order chi connectivity index (χ0) is 16.9. The van der Waals surface area contributed by atoms with E-state index in [0.29, 0.717) is 5.69 Å². The summed E-state index contributed by atoms with van der Waals surface area (Å²) in [6, 6.07) is 9.46. The van der Waals surface area contributed by atoms with Gasteiger partial charge < -0.3 is 19.8 Å². The monoisotopic (exact) mass is 329 g/mol. The van der Waals surface area contributed by atoms with Crippen LogP contribution < -0.4 is 5.32 Å². The second-order valence-electron chi connectivity index (χ2n) is 6.31. The zero-order valence-electron chi connectivity index (χ0n) is 13.9. The highest BCUT2D eigenvalue weighted by molar-refractivity contribution is 6.02. The molecule has 1 aromatic carbocycles. The van der Waals surface area contributed by atoms with E-state index < -0.39 is 0 Å². The van der Waals surface area contributed by atoms with Crippen LogP contribution >= 0.6 is 0 Å². The molecule has 2 heterocycles. The van der Waals surface area contributed by atoms with Crippen LogP contribution in [0.5, 0.6) is 0 Å². The predicted octanol–water partition coefficient (Wildman–Crippen LogP) is 2.23. The molecule has 0 saturated carbocycles. The molecule has 0 unspecified atom stereocenters. The second-order valence-corrected chi connectivity index (χ2v) is 6.31. The van der Waals surface area contributed by atoms with Gasteiger partial charge in [-0.15, -0.1) is 0 Å². The Kier molecular flexibility index (Phi) is 5.27. The number of aryl methyl sites for hydroxylation is 1. The lowest BCUT2D eigenvalue weighted by molar-refractivity contribution is 0.0832. The number of aliphatic hydroxyl groups excluding tert-OH is 1. The minimum atomic E-state index is -0.296. The number of aromatic nitrogens is 1. The average Bonchev–Trinajstić information content (AvgIpc) is 3.02. The van der Waals surface area contributed by atoms with E-state index in [0.717, 1.165) is 44.6 Å². The summed E-state index contributed by atoms with van der Waals surface area (Å²) < 4.78 is 4.95. The lowest BCUT2D eigenvalue weighted by Gasteiger charge is -2.29. The first kappa shape index (κ1) is 16.7. The van der Waals surface area contributed by atoms with E-state index in [1.165, 1.54) is 5.56 Å². The number of benzene rings is 1. The van der Waals surface area contributed by atoms with Crippen LogP contribution in [0.1, 0.15) is 34.7 Å². The quantitative estimate of drug-likeness (QED) is 0.879. The maximum Gasteiger partial charge on any atom is 0.294 e. The van der Waals surface area contributed by atoms with Crippen LogP contribution in [0.2, 0.25) is 0 Å². The van der Waals surface area contributed by atoms with Gasteiger partial charge in [0.25, 0.3) is 5.91 Å². The molecule has 0 radical (unpaired) electrons. The number of nitrogens with one attached hydrogen (secondary N) is 1. The Balaban J connectivity index is 1.49. The van der Waals surface area contributed by atoms with Crippen molar-refractivity contribution in [3.63, 3.8) is 0 Å². The summed E-state index contributed by atoms with van der Waals surface area (Å²) in [6.45, 7) is 4.70. The van der Waals surface area contributed by atoms with Gasteiger partial charge in [-0.3, -0.25) is 4.79 Å². The van der Waals surface area contributed by atoms with Gasteiger partial charge in [-0.05, 0) is 43.9 Å². The fraction of sp³-hybridized carbons (Fsp3) is 0.444. The number of carbonyl (C=O) groups excluding carboxylic acids is 1. The largest absolute Gasteiger partial charge is 0.393 e. The standard InChI is InChI=1S/C18H23N3O3/c1-13-12-17(24-20-13)18(23)19-15-4-2-14(3-5-15)6-9-21-10-7-16(22)8-11-21/h2-5,12,16,22H,6-11H2,1H3,(H,19,23). The Morgan fingerprint density at radius 3 is 2.67 bits per heavy atom. The van der Waals surface area contributed by atoms with Crippen molar-refractivity contribution in [2.45, 2.75) is 32.3 Å². The minimum Gasteiger partial charge on any atom is -0.393 e. The van der Waals surface area contributed by atoms with Crippen LogP contribution in [0, 0.1) is 6.92 Å². The number of piperidine rings is 1. The van der Waals surface area contributed by atoms with Crippen LogP contribution in [0.3, 0.4) is 0 Å². The minimum absolute atomic E-state index is 0.128. The molecule has 1 fully saturated rings. The third kappa shape index (κ3) is 4.43. The number of aliphatic hydroxyl groups is 1. The fourth-order valence-corrected chi connectivity index (χ4v) is 2.85. The topological polar surface area (TPSA) is 78.6 Å². The number of amides is 1. The van der Waals surface area contributed by atoms with E-state index in [2.05, 4.69) is 15.4 Å². The van der Waals surface area contributed by atoms with E-state index in [1.807, 2.05) is 24.3 Å². The van der Waals surface area contributed by atoms with Gasteiger partial charge in [-0.1, -0.05) is 17.3 Å². The van der Waals surface area contributed by atoms with Crippen molar-refractivity contribution in [2.24, 2.45) is 0 Å². The molecular formula is C18H23N3O3. The highest BCUT2D eigenvalue weighted by Crippen LogP contribution is 2.14. The summed E-state index contributed by atoms with van der Waals surface area (Å²) in [5, 5.41) is 16.0. The van der Waals surface area contributed by atoms with Gasteiger partial charge >= 0.3 is 0 Å². The first-order chi connectivity index (χ1) is 11.6. The van der Waals surface area contributed by atoms with Gasteiger partial charge in [0.1, 0.15) is 0 Å². The molecule has 0 bridgehead atoms. The Morgan fingerprint density at radius 1 is 1.33 bits per heavy atom. The third-order valence-corrected chi connectivity index (χ3v) is 4.34. The first-order valence-electron chi connectivity index (χ1n) is 8.34. The first-order valence-corrected chi connectivity index (χ1v) is 8.34. The van der Waals surface area contributed by atoms with Crippen LogP contribution in [0.4, 0.5) is 5.69 Å². The lowest BCUT2D eigenvalue weighted by atomic mass is 10.1. The average molecular weight is 329 g/mol. The summed E-state index contributed by atoms with van der Waals surface area (Å²) in [6.07, 6.45) is 2.57. The predicted molar refractivity (Wildman–Crippen MR) is 91.0 cm³/mol.